The highest BCUT2D eigenvalue weighted by Crippen LogP contribution is 2.24. The Balaban J connectivity index is 2.39. The van der Waals surface area contributed by atoms with E-state index in [2.05, 4.69) is 16.9 Å². The molecule has 0 radical (unpaired) electrons. The standard InChI is InChI=1S/C14H23N3O2S/c1-15-12-9-13(11-14(10-12)17(18)19)16-7-5-3-4-6-8-20-2/h9-11,15-16H,3-8H2,1-2H3. The van der Waals surface area contributed by atoms with Crippen molar-refractivity contribution in [1.29, 1.82) is 0 Å². The van der Waals surface area contributed by atoms with Crippen LogP contribution in [0.3, 0.4) is 0 Å². The van der Waals surface area contributed by atoms with E-state index in [1.807, 2.05) is 17.8 Å². The van der Waals surface area contributed by atoms with E-state index in [4.69, 9.17) is 0 Å². The Morgan fingerprint density at radius 2 is 1.85 bits per heavy atom. The van der Waals surface area contributed by atoms with Gasteiger partial charge in [-0.1, -0.05) is 12.8 Å². The van der Waals surface area contributed by atoms with Gasteiger partial charge in [-0.05, 0) is 30.9 Å². The number of thioether (sulfide) groups is 1. The zero-order valence-electron chi connectivity index (χ0n) is 12.1. The first-order valence-electron chi connectivity index (χ1n) is 6.87. The summed E-state index contributed by atoms with van der Waals surface area (Å²) in [5, 5.41) is 17.0. The summed E-state index contributed by atoms with van der Waals surface area (Å²) in [6, 6.07) is 5.00. The van der Waals surface area contributed by atoms with Crippen LogP contribution in [-0.4, -0.2) is 30.5 Å². The van der Waals surface area contributed by atoms with Crippen LogP contribution in [0.5, 0.6) is 0 Å². The maximum Gasteiger partial charge on any atom is 0.273 e. The second kappa shape index (κ2) is 9.47. The van der Waals surface area contributed by atoms with Gasteiger partial charge >= 0.3 is 0 Å². The Hall–Kier alpha value is -1.43. The molecule has 0 aliphatic rings. The number of nitrogens with one attached hydrogen (secondary N) is 2. The van der Waals surface area contributed by atoms with Gasteiger partial charge in [0.15, 0.2) is 0 Å². The molecule has 0 heterocycles. The molecule has 1 aromatic carbocycles. The van der Waals surface area contributed by atoms with E-state index in [1.165, 1.54) is 31.1 Å². The van der Waals surface area contributed by atoms with Crippen LogP contribution in [0, 0.1) is 10.1 Å². The molecule has 0 atom stereocenters. The lowest BCUT2D eigenvalue weighted by Crippen LogP contribution is -2.03. The molecule has 2 N–H and O–H groups in total. The van der Waals surface area contributed by atoms with Crippen molar-refractivity contribution < 1.29 is 4.92 Å². The van der Waals surface area contributed by atoms with Crippen molar-refractivity contribution in [2.45, 2.75) is 25.7 Å². The lowest BCUT2D eigenvalue weighted by atomic mass is 10.2. The average molecular weight is 297 g/mol. The average Bonchev–Trinajstić information content (AvgIpc) is 2.46. The number of anilines is 2. The minimum absolute atomic E-state index is 0.110. The molecule has 6 heteroatoms. The quantitative estimate of drug-likeness (QED) is 0.388. The van der Waals surface area contributed by atoms with Gasteiger partial charge in [-0.3, -0.25) is 10.1 Å². The van der Waals surface area contributed by atoms with Gasteiger partial charge in [0, 0.05) is 37.1 Å². The summed E-state index contributed by atoms with van der Waals surface area (Å²) in [6.45, 7) is 0.851. The Kier molecular flexibility index (Phi) is 7.87. The second-order valence-electron chi connectivity index (χ2n) is 4.61. The van der Waals surface area contributed by atoms with E-state index in [9.17, 15) is 10.1 Å². The molecule has 0 aromatic heterocycles. The normalized spacial score (nSPS) is 10.3. The van der Waals surface area contributed by atoms with Gasteiger partial charge in [0.25, 0.3) is 5.69 Å². The minimum Gasteiger partial charge on any atom is -0.388 e. The van der Waals surface area contributed by atoms with Gasteiger partial charge in [0.1, 0.15) is 0 Å². The van der Waals surface area contributed by atoms with E-state index >= 15 is 0 Å². The number of hydrogen-bond acceptors (Lipinski definition) is 5. The summed E-state index contributed by atoms with van der Waals surface area (Å²) in [6.07, 6.45) is 6.93. The number of rotatable bonds is 10. The minimum atomic E-state index is -0.367. The summed E-state index contributed by atoms with van der Waals surface area (Å²) in [5.74, 6) is 1.23. The summed E-state index contributed by atoms with van der Waals surface area (Å²) in [4.78, 5) is 10.5. The second-order valence-corrected chi connectivity index (χ2v) is 5.60. The zero-order valence-corrected chi connectivity index (χ0v) is 13.0. The molecule has 0 aliphatic carbocycles. The Morgan fingerprint density at radius 3 is 2.50 bits per heavy atom. The molecule has 0 saturated heterocycles. The van der Waals surface area contributed by atoms with Crippen molar-refractivity contribution >= 4 is 28.8 Å². The molecule has 0 saturated carbocycles. The van der Waals surface area contributed by atoms with E-state index < -0.39 is 0 Å². The third-order valence-electron chi connectivity index (χ3n) is 3.02. The maximum absolute atomic E-state index is 10.8. The van der Waals surface area contributed by atoms with E-state index in [0.29, 0.717) is 0 Å². The molecule has 0 fully saturated rings. The van der Waals surface area contributed by atoms with Crippen LogP contribution >= 0.6 is 11.8 Å². The molecule has 0 amide bonds. The number of nitro benzene ring substituents is 1. The molecule has 1 rings (SSSR count). The third-order valence-corrected chi connectivity index (χ3v) is 3.72. The molecule has 0 bridgehead atoms. The van der Waals surface area contributed by atoms with Gasteiger partial charge in [-0.25, -0.2) is 0 Å². The Labute approximate surface area is 124 Å². The third kappa shape index (κ3) is 6.14. The molecular weight excluding hydrogens is 274 g/mol. The predicted octanol–water partition coefficient (Wildman–Crippen LogP) is 3.97. The highest BCUT2D eigenvalue weighted by molar-refractivity contribution is 7.98. The molecule has 5 nitrogen and oxygen atoms in total. The van der Waals surface area contributed by atoms with Crippen LogP contribution < -0.4 is 10.6 Å². The monoisotopic (exact) mass is 297 g/mol. The van der Waals surface area contributed by atoms with Gasteiger partial charge in [-0.2, -0.15) is 11.8 Å². The van der Waals surface area contributed by atoms with E-state index in [1.54, 1.807) is 13.1 Å². The summed E-state index contributed by atoms with van der Waals surface area (Å²) in [5.41, 5.74) is 1.66. The van der Waals surface area contributed by atoms with Crippen LogP contribution in [0.15, 0.2) is 18.2 Å². The van der Waals surface area contributed by atoms with Gasteiger partial charge in [0.05, 0.1) is 4.92 Å². The molecule has 1 aromatic rings. The van der Waals surface area contributed by atoms with Gasteiger partial charge in [0.2, 0.25) is 0 Å². The number of nitrogens with zero attached hydrogens (tertiary/aromatic N) is 1. The number of hydrogen-bond donors (Lipinski definition) is 2. The number of non-ortho nitro benzene ring substituents is 1. The first kappa shape index (κ1) is 16.6. The summed E-state index contributed by atoms with van der Waals surface area (Å²) < 4.78 is 0. The lowest BCUT2D eigenvalue weighted by molar-refractivity contribution is -0.384. The van der Waals surface area contributed by atoms with Crippen molar-refractivity contribution in [2.24, 2.45) is 0 Å². The van der Waals surface area contributed by atoms with Crippen LogP contribution in [0.4, 0.5) is 17.1 Å². The Bertz CT molecular complexity index is 427. The molecule has 20 heavy (non-hydrogen) atoms. The summed E-state index contributed by atoms with van der Waals surface area (Å²) >= 11 is 1.88. The fourth-order valence-electron chi connectivity index (χ4n) is 1.92. The van der Waals surface area contributed by atoms with Crippen molar-refractivity contribution in [3.05, 3.63) is 28.3 Å². The SMILES string of the molecule is CNc1cc(NCCCCCCSC)cc([N+](=O)[O-])c1. The molecule has 0 spiro atoms. The van der Waals surface area contributed by atoms with E-state index in [-0.39, 0.29) is 10.6 Å². The van der Waals surface area contributed by atoms with Crippen molar-refractivity contribution in [1.82, 2.24) is 0 Å². The lowest BCUT2D eigenvalue weighted by Gasteiger charge is -2.08. The smallest absolute Gasteiger partial charge is 0.273 e. The van der Waals surface area contributed by atoms with Gasteiger partial charge < -0.3 is 10.6 Å². The van der Waals surface area contributed by atoms with Crippen LogP contribution in [0.2, 0.25) is 0 Å². The zero-order chi connectivity index (χ0) is 14.8. The first-order chi connectivity index (χ1) is 9.67. The maximum atomic E-state index is 10.8. The van der Waals surface area contributed by atoms with Crippen LogP contribution in [0.1, 0.15) is 25.7 Å². The largest absolute Gasteiger partial charge is 0.388 e. The number of benzene rings is 1. The first-order valence-corrected chi connectivity index (χ1v) is 8.27. The van der Waals surface area contributed by atoms with E-state index in [0.717, 1.165) is 24.3 Å². The predicted molar refractivity (Wildman–Crippen MR) is 88.0 cm³/mol. The highest BCUT2D eigenvalue weighted by Gasteiger charge is 2.08. The molecule has 0 unspecified atom stereocenters. The topological polar surface area (TPSA) is 67.2 Å². The van der Waals surface area contributed by atoms with Crippen molar-refractivity contribution in [2.75, 3.05) is 36.2 Å². The fourth-order valence-corrected chi connectivity index (χ4v) is 2.41. The van der Waals surface area contributed by atoms with Crippen LogP contribution in [0.25, 0.3) is 0 Å². The molecule has 0 aliphatic heterocycles. The number of unbranched alkanes of at least 4 members (excludes halogenated alkanes) is 3. The summed E-state index contributed by atoms with van der Waals surface area (Å²) in [7, 11) is 1.76. The molecule has 112 valence electrons. The van der Waals surface area contributed by atoms with Crippen molar-refractivity contribution in [3.63, 3.8) is 0 Å². The number of nitro groups is 1. The highest BCUT2D eigenvalue weighted by atomic mass is 32.2. The van der Waals surface area contributed by atoms with Gasteiger partial charge in [-0.15, -0.1) is 0 Å². The van der Waals surface area contributed by atoms with Crippen LogP contribution in [-0.2, 0) is 0 Å². The Morgan fingerprint density at radius 1 is 1.15 bits per heavy atom. The fraction of sp³-hybridized carbons (Fsp3) is 0.571. The van der Waals surface area contributed by atoms with Crippen molar-refractivity contribution in [3.8, 4) is 0 Å². The molecular formula is C14H23N3O2S.